The first-order chi connectivity index (χ1) is 20.5. The number of urea groups is 1. The van der Waals surface area contributed by atoms with Gasteiger partial charge in [-0.25, -0.2) is 9.59 Å². The van der Waals surface area contributed by atoms with E-state index in [0.717, 1.165) is 24.0 Å². The molecule has 1 aliphatic carbocycles. The Morgan fingerprint density at radius 3 is 2.26 bits per heavy atom. The molecule has 7 nitrogen and oxygen atoms in total. The number of nitrogens with zero attached hydrogens (tertiary/aromatic N) is 1. The molecule has 0 spiro atoms. The van der Waals surface area contributed by atoms with E-state index in [-0.39, 0.29) is 31.0 Å². The van der Waals surface area contributed by atoms with Crippen molar-refractivity contribution >= 4 is 23.6 Å². The van der Waals surface area contributed by atoms with E-state index in [9.17, 15) is 14.4 Å². The number of anilines is 1. The molecule has 0 bridgehead atoms. The molecule has 1 aliphatic rings. The monoisotopic (exact) mass is 561 g/mol. The summed E-state index contributed by atoms with van der Waals surface area (Å²) >= 11 is 0. The highest BCUT2D eigenvalue weighted by molar-refractivity contribution is 5.95. The maximum atomic E-state index is 13.9. The van der Waals surface area contributed by atoms with Gasteiger partial charge in [-0.15, -0.1) is 0 Å². The number of ether oxygens (including phenoxy) is 1. The Labute approximate surface area is 246 Å². The first-order valence-electron chi connectivity index (χ1n) is 14.3. The normalized spacial score (nSPS) is 15.4. The lowest BCUT2D eigenvalue weighted by molar-refractivity contribution is -0.134. The minimum Gasteiger partial charge on any atom is -0.462 e. The van der Waals surface area contributed by atoms with Crippen LogP contribution >= 0.6 is 0 Å². The number of fused-ring (bicyclic) bond motifs is 1. The molecule has 4 aromatic carbocycles. The van der Waals surface area contributed by atoms with Crippen molar-refractivity contribution in [2.75, 3.05) is 18.5 Å². The number of amides is 3. The van der Waals surface area contributed by atoms with Gasteiger partial charge in [0.25, 0.3) is 0 Å². The van der Waals surface area contributed by atoms with Crippen molar-refractivity contribution in [1.29, 1.82) is 0 Å². The molecule has 0 aliphatic heterocycles. The van der Waals surface area contributed by atoms with Crippen molar-refractivity contribution in [3.63, 3.8) is 0 Å². The van der Waals surface area contributed by atoms with Gasteiger partial charge in [-0.05, 0) is 66.1 Å². The van der Waals surface area contributed by atoms with Crippen LogP contribution in [0.15, 0.2) is 109 Å². The van der Waals surface area contributed by atoms with E-state index < -0.39 is 12.0 Å². The lowest BCUT2D eigenvalue weighted by Crippen LogP contribution is -2.44. The summed E-state index contributed by atoms with van der Waals surface area (Å²) < 4.78 is 5.04. The molecule has 0 saturated heterocycles. The number of nitrogens with one attached hydrogen (secondary N) is 2. The molecule has 5 rings (SSSR count). The highest BCUT2D eigenvalue weighted by atomic mass is 16.5. The molecule has 42 heavy (non-hydrogen) atoms. The molecule has 0 aromatic heterocycles. The van der Waals surface area contributed by atoms with Gasteiger partial charge in [0.05, 0.1) is 24.8 Å². The van der Waals surface area contributed by atoms with E-state index in [2.05, 4.69) is 34.9 Å². The largest absolute Gasteiger partial charge is 0.462 e. The average Bonchev–Trinajstić information content (AvgIpc) is 3.37. The van der Waals surface area contributed by atoms with Gasteiger partial charge in [-0.3, -0.25) is 4.79 Å². The molecule has 0 fully saturated rings. The van der Waals surface area contributed by atoms with E-state index in [0.29, 0.717) is 17.8 Å². The first kappa shape index (κ1) is 28.6. The van der Waals surface area contributed by atoms with Crippen molar-refractivity contribution in [2.24, 2.45) is 5.92 Å². The molecule has 0 heterocycles. The second-order valence-electron chi connectivity index (χ2n) is 10.4. The van der Waals surface area contributed by atoms with E-state index >= 15 is 0 Å². The fraction of sp³-hybridized carbons (Fsp3) is 0.229. The van der Waals surface area contributed by atoms with Gasteiger partial charge in [-0.2, -0.15) is 0 Å². The molecule has 2 atom stereocenters. The topological polar surface area (TPSA) is 87.7 Å². The van der Waals surface area contributed by atoms with Crippen molar-refractivity contribution in [1.82, 2.24) is 10.2 Å². The lowest BCUT2D eigenvalue weighted by Gasteiger charge is -2.34. The van der Waals surface area contributed by atoms with Gasteiger partial charge < -0.3 is 20.3 Å². The average molecular weight is 562 g/mol. The third kappa shape index (κ3) is 7.04. The van der Waals surface area contributed by atoms with Crippen LogP contribution < -0.4 is 10.6 Å². The maximum absolute atomic E-state index is 13.9. The van der Waals surface area contributed by atoms with Crippen LogP contribution in [0.25, 0.3) is 0 Å². The van der Waals surface area contributed by atoms with Crippen LogP contribution in [-0.4, -0.2) is 36.0 Å². The Morgan fingerprint density at radius 1 is 0.833 bits per heavy atom. The molecule has 2 N–H and O–H groups in total. The third-order valence-electron chi connectivity index (χ3n) is 7.53. The maximum Gasteiger partial charge on any atom is 0.338 e. The summed E-state index contributed by atoms with van der Waals surface area (Å²) in [5, 5.41) is 5.45. The quantitative estimate of drug-likeness (QED) is 0.227. The van der Waals surface area contributed by atoms with Crippen LogP contribution in [0.5, 0.6) is 0 Å². The summed E-state index contributed by atoms with van der Waals surface area (Å²) in [6.07, 6.45) is 1.71. The molecule has 0 radical (unpaired) electrons. The van der Waals surface area contributed by atoms with Crippen LogP contribution in [0.2, 0.25) is 0 Å². The molecular weight excluding hydrogens is 526 g/mol. The molecule has 3 amide bonds. The van der Waals surface area contributed by atoms with Crippen LogP contribution in [0.1, 0.15) is 45.6 Å². The SMILES string of the molecule is CCOC(=O)c1cccc(NC(=O)NCC(=O)N(Cc2ccccc2)C2c3ccccc3CC2Cc2ccccc2)c1. The highest BCUT2D eigenvalue weighted by Crippen LogP contribution is 2.42. The molecular formula is C35H35N3O4. The highest BCUT2D eigenvalue weighted by Gasteiger charge is 2.38. The zero-order valence-electron chi connectivity index (χ0n) is 23.7. The van der Waals surface area contributed by atoms with Crippen LogP contribution in [0.3, 0.4) is 0 Å². The summed E-state index contributed by atoms with van der Waals surface area (Å²) in [7, 11) is 0. The molecule has 7 heteroatoms. The second-order valence-corrected chi connectivity index (χ2v) is 10.4. The van der Waals surface area contributed by atoms with Gasteiger partial charge in [0.2, 0.25) is 5.91 Å². The Morgan fingerprint density at radius 2 is 1.52 bits per heavy atom. The van der Waals surface area contributed by atoms with Crippen LogP contribution in [-0.2, 0) is 28.9 Å². The number of benzene rings is 4. The van der Waals surface area contributed by atoms with Gasteiger partial charge in [0.1, 0.15) is 0 Å². The first-order valence-corrected chi connectivity index (χ1v) is 14.3. The molecule has 0 saturated carbocycles. The predicted molar refractivity (Wildman–Crippen MR) is 163 cm³/mol. The fourth-order valence-electron chi connectivity index (χ4n) is 5.67. The molecule has 2 unspecified atom stereocenters. The Balaban J connectivity index is 1.35. The Hall–Kier alpha value is -4.91. The standard InChI is InChI=1S/C35H35N3O4/c1-2-42-34(40)28-17-11-18-30(22-28)37-35(41)36-23-32(39)38(24-26-14-7-4-8-15-26)33-29(20-25-12-5-3-6-13-25)21-27-16-9-10-19-31(27)33/h3-19,22,29,33H,2,20-21,23-24H2,1H3,(H2,36,37,41). The van der Waals surface area contributed by atoms with E-state index in [4.69, 9.17) is 4.74 Å². The lowest BCUT2D eigenvalue weighted by atomic mass is 9.91. The van der Waals surface area contributed by atoms with Gasteiger partial charge in [0.15, 0.2) is 0 Å². The van der Waals surface area contributed by atoms with Gasteiger partial charge >= 0.3 is 12.0 Å². The van der Waals surface area contributed by atoms with Crippen LogP contribution in [0, 0.1) is 5.92 Å². The number of hydrogen-bond acceptors (Lipinski definition) is 4. The van der Waals surface area contributed by atoms with Gasteiger partial charge in [-0.1, -0.05) is 91.0 Å². The number of carbonyl (C=O) groups is 3. The summed E-state index contributed by atoms with van der Waals surface area (Å²) in [4.78, 5) is 40.7. The summed E-state index contributed by atoms with van der Waals surface area (Å²) in [6.45, 7) is 2.25. The summed E-state index contributed by atoms with van der Waals surface area (Å²) in [5.41, 5.74) is 5.43. The smallest absolute Gasteiger partial charge is 0.338 e. The number of rotatable bonds is 10. The van der Waals surface area contributed by atoms with Crippen molar-refractivity contribution in [3.05, 3.63) is 137 Å². The fourth-order valence-corrected chi connectivity index (χ4v) is 5.67. The Kier molecular flexibility index (Phi) is 9.29. The van der Waals surface area contributed by atoms with Gasteiger partial charge in [0, 0.05) is 12.2 Å². The zero-order valence-corrected chi connectivity index (χ0v) is 23.7. The molecule has 4 aromatic rings. The number of carbonyl (C=O) groups excluding carboxylic acids is 3. The van der Waals surface area contributed by atoms with E-state index in [1.165, 1.54) is 11.1 Å². The third-order valence-corrected chi connectivity index (χ3v) is 7.53. The van der Waals surface area contributed by atoms with E-state index in [1.807, 2.05) is 65.6 Å². The van der Waals surface area contributed by atoms with Crippen molar-refractivity contribution in [3.8, 4) is 0 Å². The minimum absolute atomic E-state index is 0.139. The number of hydrogen-bond donors (Lipinski definition) is 2. The number of esters is 1. The van der Waals surface area contributed by atoms with E-state index in [1.54, 1.807) is 31.2 Å². The molecule has 214 valence electrons. The van der Waals surface area contributed by atoms with Crippen LogP contribution in [0.4, 0.5) is 10.5 Å². The summed E-state index contributed by atoms with van der Waals surface area (Å²) in [5.74, 6) is -0.443. The van der Waals surface area contributed by atoms with Crippen molar-refractivity contribution in [2.45, 2.75) is 32.4 Å². The van der Waals surface area contributed by atoms with Crippen molar-refractivity contribution < 1.29 is 19.1 Å². The summed E-state index contributed by atoms with van der Waals surface area (Å²) in [6, 6.07) is 34.5. The Bertz CT molecular complexity index is 1520. The second kappa shape index (κ2) is 13.6. The predicted octanol–water partition coefficient (Wildman–Crippen LogP) is 6.17. The minimum atomic E-state index is -0.531. The zero-order chi connectivity index (χ0) is 29.3.